The highest BCUT2D eigenvalue weighted by atomic mass is 16.5. The Morgan fingerprint density at radius 3 is 2.53 bits per heavy atom. The zero-order chi connectivity index (χ0) is 24.6. The molecule has 34 heavy (non-hydrogen) atoms. The minimum Gasteiger partial charge on any atom is -0.443 e. The molecule has 1 aliphatic carbocycles. The highest BCUT2D eigenvalue weighted by molar-refractivity contribution is 5.80. The van der Waals surface area contributed by atoms with Gasteiger partial charge in [0.15, 0.2) is 6.73 Å². The van der Waals surface area contributed by atoms with Crippen molar-refractivity contribution in [3.8, 4) is 0 Å². The number of ether oxygens (including phenoxy) is 1. The van der Waals surface area contributed by atoms with E-state index in [9.17, 15) is 9.59 Å². The van der Waals surface area contributed by atoms with Gasteiger partial charge in [-0.05, 0) is 83.2 Å². The second-order valence-electron chi connectivity index (χ2n) is 10.2. The Morgan fingerprint density at radius 1 is 1.18 bits per heavy atom. The lowest BCUT2D eigenvalue weighted by Crippen LogP contribution is -2.30. The molecule has 3 aromatic rings. The van der Waals surface area contributed by atoms with Gasteiger partial charge in [0, 0.05) is 5.70 Å². The third kappa shape index (κ3) is 4.63. The van der Waals surface area contributed by atoms with Crippen LogP contribution < -0.4 is 10.9 Å². The van der Waals surface area contributed by atoms with Crippen molar-refractivity contribution in [1.29, 1.82) is 0 Å². The molecule has 1 unspecified atom stereocenters. The number of aromatic nitrogens is 2. The van der Waals surface area contributed by atoms with Gasteiger partial charge >= 0.3 is 5.97 Å². The molecule has 0 saturated heterocycles. The standard InChI is InChI=1S/C28H33N3O3/c1-17(2)25(19-10-8-7-9-11-19)30-23-13-12-20-14-24-22(15-21(20)23)26(32)31(18(3)29-24)16-34-27(33)28(4,5)6/h7-11,14-15,23,30H,12-13,16H2,1-6H3. The molecular weight excluding hydrogens is 426 g/mol. The molecule has 1 atom stereocenters. The van der Waals surface area contributed by atoms with E-state index in [-0.39, 0.29) is 24.3 Å². The lowest BCUT2D eigenvalue weighted by molar-refractivity contribution is -0.157. The lowest BCUT2D eigenvalue weighted by Gasteiger charge is -2.21. The van der Waals surface area contributed by atoms with Crippen molar-refractivity contribution in [2.75, 3.05) is 0 Å². The van der Waals surface area contributed by atoms with Crippen LogP contribution in [0.4, 0.5) is 0 Å². The second-order valence-corrected chi connectivity index (χ2v) is 10.2. The monoisotopic (exact) mass is 459 g/mol. The molecule has 1 N–H and O–H groups in total. The molecule has 0 spiro atoms. The van der Waals surface area contributed by atoms with Crippen LogP contribution in [0.25, 0.3) is 16.6 Å². The summed E-state index contributed by atoms with van der Waals surface area (Å²) < 4.78 is 6.84. The Hall–Kier alpha value is -3.41. The van der Waals surface area contributed by atoms with Crippen LogP contribution in [-0.4, -0.2) is 15.5 Å². The number of carbonyl (C=O) groups excluding carboxylic acids is 1. The molecule has 0 radical (unpaired) electrons. The van der Waals surface area contributed by atoms with Crippen LogP contribution in [-0.2, 0) is 22.7 Å². The number of nitrogens with one attached hydrogen (secondary N) is 1. The van der Waals surface area contributed by atoms with E-state index in [4.69, 9.17) is 4.74 Å². The number of fused-ring (bicyclic) bond motifs is 2. The average molecular weight is 460 g/mol. The number of benzene rings is 2. The Labute approximate surface area is 200 Å². The van der Waals surface area contributed by atoms with Gasteiger partial charge in [0.05, 0.1) is 22.4 Å². The van der Waals surface area contributed by atoms with Crippen LogP contribution in [0.15, 0.2) is 52.8 Å². The number of nitrogens with zero attached hydrogens (tertiary/aromatic N) is 2. The zero-order valence-electron chi connectivity index (χ0n) is 20.9. The van der Waals surface area contributed by atoms with Gasteiger partial charge in [-0.3, -0.25) is 14.2 Å². The number of hydrogen-bond donors (Lipinski definition) is 1. The maximum Gasteiger partial charge on any atom is 0.312 e. The molecule has 0 fully saturated rings. The predicted octanol–water partition coefficient (Wildman–Crippen LogP) is 5.28. The van der Waals surface area contributed by atoms with Gasteiger partial charge < -0.3 is 10.1 Å². The van der Waals surface area contributed by atoms with Gasteiger partial charge in [0.25, 0.3) is 5.56 Å². The molecule has 6 nitrogen and oxygen atoms in total. The quantitative estimate of drug-likeness (QED) is 0.526. The van der Waals surface area contributed by atoms with Crippen LogP contribution in [0.5, 0.6) is 0 Å². The highest BCUT2D eigenvalue weighted by Crippen LogP contribution is 2.35. The number of carbonyl (C=O) groups is 1. The average Bonchev–Trinajstić information content (AvgIpc) is 3.17. The van der Waals surface area contributed by atoms with E-state index in [0.717, 1.165) is 29.7 Å². The molecule has 0 amide bonds. The summed E-state index contributed by atoms with van der Waals surface area (Å²) in [7, 11) is 0. The fraction of sp³-hybridized carbons (Fsp3) is 0.393. The van der Waals surface area contributed by atoms with E-state index in [0.29, 0.717) is 16.7 Å². The molecule has 0 aliphatic heterocycles. The predicted molar refractivity (Wildman–Crippen MR) is 135 cm³/mol. The summed E-state index contributed by atoms with van der Waals surface area (Å²) in [4.78, 5) is 30.3. The fourth-order valence-electron chi connectivity index (χ4n) is 4.37. The van der Waals surface area contributed by atoms with Gasteiger partial charge in [-0.2, -0.15) is 0 Å². The minimum atomic E-state index is -0.636. The van der Waals surface area contributed by atoms with Gasteiger partial charge in [0.1, 0.15) is 5.82 Å². The molecule has 0 bridgehead atoms. The first-order chi connectivity index (χ1) is 16.1. The van der Waals surface area contributed by atoms with E-state index >= 15 is 0 Å². The van der Waals surface area contributed by atoms with Crippen LogP contribution in [0.3, 0.4) is 0 Å². The van der Waals surface area contributed by atoms with Crippen molar-refractivity contribution >= 4 is 22.6 Å². The zero-order valence-corrected chi connectivity index (χ0v) is 20.9. The summed E-state index contributed by atoms with van der Waals surface area (Å²) in [5.74, 6) is 0.176. The van der Waals surface area contributed by atoms with Crippen LogP contribution in [0.2, 0.25) is 0 Å². The van der Waals surface area contributed by atoms with Gasteiger partial charge in [-0.25, -0.2) is 4.98 Å². The maximum atomic E-state index is 13.4. The van der Waals surface area contributed by atoms with Gasteiger partial charge in [0.2, 0.25) is 0 Å². The smallest absolute Gasteiger partial charge is 0.312 e. The molecule has 1 aromatic heterocycles. The van der Waals surface area contributed by atoms with Crippen molar-refractivity contribution in [3.05, 3.63) is 80.9 Å². The fourth-order valence-corrected chi connectivity index (χ4v) is 4.37. The van der Waals surface area contributed by atoms with Crippen LogP contribution in [0, 0.1) is 12.3 Å². The van der Waals surface area contributed by atoms with Gasteiger partial charge in [-0.15, -0.1) is 0 Å². The maximum absolute atomic E-state index is 13.4. The molecule has 6 heteroatoms. The summed E-state index contributed by atoms with van der Waals surface area (Å²) in [6.07, 6.45) is 1.88. The molecule has 1 heterocycles. The van der Waals surface area contributed by atoms with Crippen molar-refractivity contribution < 1.29 is 9.53 Å². The Bertz CT molecular complexity index is 1330. The first kappa shape index (κ1) is 23.7. The van der Waals surface area contributed by atoms with Crippen LogP contribution in [0.1, 0.15) is 69.6 Å². The second kappa shape index (κ2) is 9.09. The first-order valence-corrected chi connectivity index (χ1v) is 11.8. The first-order valence-electron chi connectivity index (χ1n) is 11.8. The summed E-state index contributed by atoms with van der Waals surface area (Å²) in [5.41, 5.74) is 5.68. The van der Waals surface area contributed by atoms with E-state index < -0.39 is 5.41 Å². The molecule has 0 saturated carbocycles. The van der Waals surface area contributed by atoms with E-state index in [1.54, 1.807) is 27.7 Å². The van der Waals surface area contributed by atoms with E-state index in [1.807, 2.05) is 30.3 Å². The number of esters is 1. The molecule has 4 rings (SSSR count). The number of aryl methyl sites for hydroxylation is 2. The number of rotatable bonds is 5. The number of allylic oxidation sites excluding steroid dienone is 1. The molecule has 2 aromatic carbocycles. The molecule has 178 valence electrons. The Morgan fingerprint density at radius 2 is 1.88 bits per heavy atom. The third-order valence-electron chi connectivity index (χ3n) is 6.30. The van der Waals surface area contributed by atoms with Crippen molar-refractivity contribution in [1.82, 2.24) is 14.9 Å². The molecular formula is C28H33N3O3. The normalized spacial score (nSPS) is 15.2. The minimum absolute atomic E-state index is 0.109. The largest absolute Gasteiger partial charge is 0.443 e. The van der Waals surface area contributed by atoms with Crippen molar-refractivity contribution in [2.45, 2.75) is 67.2 Å². The molecule has 1 aliphatic rings. The van der Waals surface area contributed by atoms with Crippen molar-refractivity contribution in [3.63, 3.8) is 0 Å². The number of hydrogen-bond acceptors (Lipinski definition) is 5. The van der Waals surface area contributed by atoms with E-state index in [2.05, 4.69) is 36.3 Å². The van der Waals surface area contributed by atoms with Crippen LogP contribution >= 0.6 is 0 Å². The highest BCUT2D eigenvalue weighted by Gasteiger charge is 2.26. The SMILES string of the molecule is CC(C)=C(NC1CCc2cc3nc(C)n(COC(=O)C(C)(C)C)c(=O)c3cc21)c1ccccc1. The topological polar surface area (TPSA) is 73.2 Å². The van der Waals surface area contributed by atoms with E-state index in [1.165, 1.54) is 15.7 Å². The lowest BCUT2D eigenvalue weighted by atomic mass is 9.98. The summed E-state index contributed by atoms with van der Waals surface area (Å²) >= 11 is 0. The Balaban J connectivity index is 1.69. The third-order valence-corrected chi connectivity index (χ3v) is 6.30. The summed E-state index contributed by atoms with van der Waals surface area (Å²) in [6, 6.07) is 14.4. The Kier molecular flexibility index (Phi) is 6.34. The van der Waals surface area contributed by atoms with Gasteiger partial charge in [-0.1, -0.05) is 35.9 Å². The summed E-state index contributed by atoms with van der Waals surface area (Å²) in [6.45, 7) is 11.2. The summed E-state index contributed by atoms with van der Waals surface area (Å²) in [5, 5.41) is 4.28. The van der Waals surface area contributed by atoms with Crippen molar-refractivity contribution in [2.24, 2.45) is 5.41 Å².